The van der Waals surface area contributed by atoms with Crippen molar-refractivity contribution in [1.29, 1.82) is 0 Å². The maximum absolute atomic E-state index is 13.8. The molecule has 34 heavy (non-hydrogen) atoms. The minimum atomic E-state index is -0.756. The number of thiophene rings is 1. The van der Waals surface area contributed by atoms with Gasteiger partial charge >= 0.3 is 0 Å². The first-order valence-electron chi connectivity index (χ1n) is 11.3. The summed E-state index contributed by atoms with van der Waals surface area (Å²) >= 11 is 1.47. The summed E-state index contributed by atoms with van der Waals surface area (Å²) in [4.78, 5) is 29.9. The fraction of sp³-hybridized carbons (Fsp3) is 0.308. The molecule has 2 aromatic heterocycles. The molecule has 0 aliphatic carbocycles. The molecule has 0 fully saturated rings. The Kier molecular flexibility index (Phi) is 7.07. The lowest BCUT2D eigenvalue weighted by atomic mass is 10.0. The summed E-state index contributed by atoms with van der Waals surface area (Å²) in [5, 5.41) is 13.4. The van der Waals surface area contributed by atoms with E-state index in [4.69, 9.17) is 0 Å². The van der Waals surface area contributed by atoms with E-state index in [2.05, 4.69) is 15.6 Å². The number of carbonyl (C=O) groups excluding carboxylic acids is 2. The van der Waals surface area contributed by atoms with Gasteiger partial charge in [0.2, 0.25) is 11.8 Å². The van der Waals surface area contributed by atoms with E-state index in [0.29, 0.717) is 6.54 Å². The third-order valence-electron chi connectivity index (χ3n) is 5.94. The van der Waals surface area contributed by atoms with E-state index in [1.807, 2.05) is 92.9 Å². The number of hydrogen-bond donors (Lipinski definition) is 1. The maximum atomic E-state index is 13.8. The first-order valence-corrected chi connectivity index (χ1v) is 12.2. The van der Waals surface area contributed by atoms with Crippen molar-refractivity contribution < 1.29 is 9.59 Å². The Balaban J connectivity index is 1.71. The van der Waals surface area contributed by atoms with E-state index in [-0.39, 0.29) is 18.4 Å². The van der Waals surface area contributed by atoms with Gasteiger partial charge < -0.3 is 10.2 Å². The Labute approximate surface area is 203 Å². The smallest absolute Gasteiger partial charge is 0.248 e. The van der Waals surface area contributed by atoms with Crippen LogP contribution in [0.3, 0.4) is 0 Å². The molecule has 4 rings (SSSR count). The highest BCUT2D eigenvalue weighted by atomic mass is 32.1. The first kappa shape index (κ1) is 23.6. The molecule has 2 amide bonds. The quantitative estimate of drug-likeness (QED) is 0.385. The summed E-state index contributed by atoms with van der Waals surface area (Å²) in [6.07, 6.45) is 0.771. The van der Waals surface area contributed by atoms with E-state index in [9.17, 15) is 9.59 Å². The molecule has 8 heteroatoms. The van der Waals surface area contributed by atoms with Crippen LogP contribution in [0.2, 0.25) is 0 Å². The summed E-state index contributed by atoms with van der Waals surface area (Å²) in [7, 11) is 0. The monoisotopic (exact) mass is 475 g/mol. The molecule has 2 heterocycles. The standard InChI is InChI=1S/C26H29N5O2S/c1-4-26(2,3)27-25(33)24(22-15-10-16-34-22)30(17-19-11-6-5-7-12-19)23(32)18-31-21-14-9-8-13-20(21)28-29-31/h5-16,24H,4,17-18H2,1-3H3,(H,27,33). The lowest BCUT2D eigenvalue weighted by molar-refractivity contribution is -0.142. The molecule has 0 bridgehead atoms. The van der Waals surface area contributed by atoms with Crippen LogP contribution in [0.25, 0.3) is 11.0 Å². The minimum absolute atomic E-state index is 0.0142. The number of carbonyl (C=O) groups is 2. The van der Waals surface area contributed by atoms with E-state index < -0.39 is 11.6 Å². The molecule has 7 nitrogen and oxygen atoms in total. The van der Waals surface area contributed by atoms with Gasteiger partial charge in [0, 0.05) is 17.0 Å². The minimum Gasteiger partial charge on any atom is -0.349 e. The van der Waals surface area contributed by atoms with Crippen LogP contribution >= 0.6 is 11.3 Å². The molecule has 1 N–H and O–H groups in total. The van der Waals surface area contributed by atoms with Gasteiger partial charge in [-0.2, -0.15) is 0 Å². The molecule has 0 aliphatic rings. The molecule has 0 saturated heterocycles. The molecule has 0 aliphatic heterocycles. The van der Waals surface area contributed by atoms with Crippen LogP contribution in [0.4, 0.5) is 0 Å². The van der Waals surface area contributed by atoms with Gasteiger partial charge in [0.15, 0.2) is 0 Å². The number of nitrogens with one attached hydrogen (secondary N) is 1. The van der Waals surface area contributed by atoms with Crippen LogP contribution in [0.15, 0.2) is 72.1 Å². The van der Waals surface area contributed by atoms with Gasteiger partial charge in [0.1, 0.15) is 18.1 Å². The summed E-state index contributed by atoms with van der Waals surface area (Å²) in [6, 6.07) is 20.3. The van der Waals surface area contributed by atoms with E-state index in [0.717, 1.165) is 27.9 Å². The zero-order valence-corrected chi connectivity index (χ0v) is 20.5. The van der Waals surface area contributed by atoms with Crippen molar-refractivity contribution in [3.8, 4) is 0 Å². The van der Waals surface area contributed by atoms with Crippen molar-refractivity contribution >= 4 is 34.2 Å². The van der Waals surface area contributed by atoms with E-state index in [1.165, 1.54) is 11.3 Å². The van der Waals surface area contributed by atoms with Crippen molar-refractivity contribution in [3.63, 3.8) is 0 Å². The molecule has 1 atom stereocenters. The highest BCUT2D eigenvalue weighted by molar-refractivity contribution is 7.10. The topological polar surface area (TPSA) is 80.1 Å². The number of nitrogens with zero attached hydrogens (tertiary/aromatic N) is 4. The Morgan fingerprint density at radius 3 is 2.50 bits per heavy atom. The lowest BCUT2D eigenvalue weighted by Crippen LogP contribution is -2.50. The van der Waals surface area contributed by atoms with Crippen LogP contribution in [0, 0.1) is 0 Å². The van der Waals surface area contributed by atoms with Crippen molar-refractivity contribution in [3.05, 3.63) is 82.6 Å². The van der Waals surface area contributed by atoms with Crippen molar-refractivity contribution in [2.45, 2.75) is 51.9 Å². The highest BCUT2D eigenvalue weighted by Crippen LogP contribution is 2.29. The SMILES string of the molecule is CCC(C)(C)NC(=O)C(c1cccs1)N(Cc1ccccc1)C(=O)Cn1nnc2ccccc21. The molecule has 2 aromatic carbocycles. The van der Waals surface area contributed by atoms with Crippen LogP contribution < -0.4 is 5.32 Å². The maximum Gasteiger partial charge on any atom is 0.248 e. The number of benzene rings is 2. The summed E-state index contributed by atoms with van der Waals surface area (Å²) in [5.74, 6) is -0.399. The van der Waals surface area contributed by atoms with Gasteiger partial charge in [-0.3, -0.25) is 9.59 Å². The average molecular weight is 476 g/mol. The fourth-order valence-electron chi connectivity index (χ4n) is 3.72. The normalized spacial score (nSPS) is 12.4. The van der Waals surface area contributed by atoms with Gasteiger partial charge in [0.05, 0.1) is 5.52 Å². The first-order chi connectivity index (χ1) is 16.4. The summed E-state index contributed by atoms with van der Waals surface area (Å²) < 4.78 is 1.59. The zero-order chi connectivity index (χ0) is 24.1. The van der Waals surface area contributed by atoms with Crippen LogP contribution in [0.1, 0.15) is 43.7 Å². The number of amides is 2. The van der Waals surface area contributed by atoms with Gasteiger partial charge in [-0.05, 0) is 49.4 Å². The second-order valence-electron chi connectivity index (χ2n) is 8.89. The molecule has 176 valence electrons. The summed E-state index contributed by atoms with van der Waals surface area (Å²) in [5.41, 5.74) is 2.06. The molecule has 4 aromatic rings. The number of rotatable bonds is 9. The largest absolute Gasteiger partial charge is 0.349 e. The second kappa shape index (κ2) is 10.2. The fourth-order valence-corrected chi connectivity index (χ4v) is 4.55. The average Bonchev–Trinajstić information content (AvgIpc) is 3.50. The predicted molar refractivity (Wildman–Crippen MR) is 134 cm³/mol. The van der Waals surface area contributed by atoms with E-state index in [1.54, 1.807) is 9.58 Å². The van der Waals surface area contributed by atoms with Gasteiger partial charge in [-0.25, -0.2) is 4.68 Å². The van der Waals surface area contributed by atoms with E-state index >= 15 is 0 Å². The molecule has 0 radical (unpaired) electrons. The zero-order valence-electron chi connectivity index (χ0n) is 19.6. The lowest BCUT2D eigenvalue weighted by Gasteiger charge is -2.34. The van der Waals surface area contributed by atoms with Crippen LogP contribution in [0.5, 0.6) is 0 Å². The molecule has 0 spiro atoms. The molecule has 0 saturated carbocycles. The van der Waals surface area contributed by atoms with Gasteiger partial charge in [-0.1, -0.05) is 60.7 Å². The van der Waals surface area contributed by atoms with Crippen LogP contribution in [-0.2, 0) is 22.7 Å². The summed E-state index contributed by atoms with van der Waals surface area (Å²) in [6.45, 7) is 6.29. The second-order valence-corrected chi connectivity index (χ2v) is 9.87. The Hall–Kier alpha value is -3.52. The Bertz CT molecular complexity index is 1250. The number of aromatic nitrogens is 3. The van der Waals surface area contributed by atoms with Gasteiger partial charge in [0.25, 0.3) is 0 Å². The Morgan fingerprint density at radius 1 is 1.06 bits per heavy atom. The predicted octanol–water partition coefficient (Wildman–Crippen LogP) is 4.57. The third-order valence-corrected chi connectivity index (χ3v) is 6.86. The number of hydrogen-bond acceptors (Lipinski definition) is 5. The van der Waals surface area contributed by atoms with Crippen LogP contribution in [-0.4, -0.2) is 37.2 Å². The number of para-hydroxylation sites is 1. The third kappa shape index (κ3) is 5.34. The van der Waals surface area contributed by atoms with Crippen molar-refractivity contribution in [2.24, 2.45) is 0 Å². The van der Waals surface area contributed by atoms with Gasteiger partial charge in [-0.15, -0.1) is 16.4 Å². The van der Waals surface area contributed by atoms with Crippen molar-refractivity contribution in [1.82, 2.24) is 25.2 Å². The van der Waals surface area contributed by atoms with Crippen molar-refractivity contribution in [2.75, 3.05) is 0 Å². The highest BCUT2D eigenvalue weighted by Gasteiger charge is 2.35. The Morgan fingerprint density at radius 2 is 1.79 bits per heavy atom. The molecule has 1 unspecified atom stereocenters. The molecular weight excluding hydrogens is 446 g/mol. The number of fused-ring (bicyclic) bond motifs is 1. The molecular formula is C26H29N5O2S.